The van der Waals surface area contributed by atoms with Gasteiger partial charge in [-0.3, -0.25) is 0 Å². The van der Waals surface area contributed by atoms with Crippen LogP contribution in [0.2, 0.25) is 0 Å². The second-order valence-electron chi connectivity index (χ2n) is 12.3. The van der Waals surface area contributed by atoms with E-state index in [1.54, 1.807) is 18.3 Å². The van der Waals surface area contributed by atoms with Gasteiger partial charge in [0.15, 0.2) is 5.82 Å². The first-order chi connectivity index (χ1) is 21.3. The summed E-state index contributed by atoms with van der Waals surface area (Å²) in [6, 6.07) is 6.10. The van der Waals surface area contributed by atoms with Crippen molar-refractivity contribution in [3.63, 3.8) is 0 Å². The molecular weight excluding hydrogens is 574 g/mol. The summed E-state index contributed by atoms with van der Waals surface area (Å²) in [6.07, 6.45) is 4.76. The minimum Gasteiger partial charge on any atom is -0.480 e. The molecule has 3 aromatic heterocycles. The lowest BCUT2D eigenvalue weighted by Crippen LogP contribution is -2.68. The molecule has 3 aliphatic heterocycles. The number of anilines is 2. The van der Waals surface area contributed by atoms with Gasteiger partial charge in [-0.2, -0.15) is 0 Å². The maximum absolute atomic E-state index is 13.8. The van der Waals surface area contributed by atoms with Gasteiger partial charge < -0.3 is 34.1 Å². The molecule has 0 unspecified atom stereocenters. The van der Waals surface area contributed by atoms with Gasteiger partial charge in [0.1, 0.15) is 29.3 Å². The zero-order valence-corrected chi connectivity index (χ0v) is 24.5. The number of aliphatic carboxylic acids is 1. The Morgan fingerprint density at radius 2 is 2.09 bits per heavy atom. The van der Waals surface area contributed by atoms with E-state index < -0.39 is 30.4 Å². The first-order valence-corrected chi connectivity index (χ1v) is 15.2. The Bertz CT molecular complexity index is 1500. The molecule has 0 radical (unpaired) electrons. The van der Waals surface area contributed by atoms with Gasteiger partial charge in [0, 0.05) is 31.4 Å². The Balaban J connectivity index is 1.18. The number of carbonyl (C=O) groups is 1. The van der Waals surface area contributed by atoms with Crippen LogP contribution in [0, 0.1) is 5.92 Å². The number of hydrogen-bond donors (Lipinski definition) is 2. The molecule has 2 N–H and O–H groups in total. The van der Waals surface area contributed by atoms with E-state index in [9.17, 15) is 18.7 Å². The standard InChI is InChI=1S/C31H36F2N6O5/c1-18-31(16-42-17-31)43-10-9-38(18)24-11-20(7-6-19-4-5-19)14-35-29(24)44-21-12-25(30(40)41)39(15-21)26-13-23(22-3-2-8-34-22)36-28(37-26)27(32)33/h2-3,8,11,13-14,18-19,21,25,27,34H,4-7,9-10,12,15-17H2,1H3,(H,40,41)/t18-,21-,25-/m0/s1. The molecule has 11 nitrogen and oxygen atoms in total. The quantitative estimate of drug-likeness (QED) is 0.344. The molecule has 44 heavy (non-hydrogen) atoms. The molecule has 6 heterocycles. The number of rotatable bonds is 10. The maximum Gasteiger partial charge on any atom is 0.326 e. The van der Waals surface area contributed by atoms with E-state index in [0.29, 0.717) is 37.9 Å². The number of aryl methyl sites for hydroxylation is 1. The number of carboxylic acid groups (broad SMARTS) is 1. The van der Waals surface area contributed by atoms with Crippen LogP contribution in [-0.4, -0.2) is 87.7 Å². The third kappa shape index (κ3) is 5.58. The highest BCUT2D eigenvalue weighted by Crippen LogP contribution is 2.40. The summed E-state index contributed by atoms with van der Waals surface area (Å²) < 4.78 is 45.8. The number of ether oxygens (including phenoxy) is 3. The number of aromatic amines is 1. The Labute approximate surface area is 253 Å². The molecule has 1 saturated carbocycles. The number of pyridine rings is 1. The monoisotopic (exact) mass is 610 g/mol. The van der Waals surface area contributed by atoms with Gasteiger partial charge >= 0.3 is 5.97 Å². The minimum absolute atomic E-state index is 0.0138. The van der Waals surface area contributed by atoms with Gasteiger partial charge in [0.05, 0.1) is 43.8 Å². The van der Waals surface area contributed by atoms with Crippen molar-refractivity contribution in [3.8, 4) is 17.3 Å². The second-order valence-corrected chi connectivity index (χ2v) is 12.3. The maximum atomic E-state index is 13.8. The molecule has 0 aromatic carbocycles. The van der Waals surface area contributed by atoms with Crippen LogP contribution in [0.3, 0.4) is 0 Å². The summed E-state index contributed by atoms with van der Waals surface area (Å²) in [7, 11) is 0. The largest absolute Gasteiger partial charge is 0.480 e. The molecule has 13 heteroatoms. The molecule has 7 rings (SSSR count). The molecular formula is C31H36F2N6O5. The first kappa shape index (κ1) is 28.9. The predicted octanol–water partition coefficient (Wildman–Crippen LogP) is 4.25. The number of carboxylic acids is 1. The average Bonchev–Trinajstić information content (AvgIpc) is 3.46. The smallest absolute Gasteiger partial charge is 0.326 e. The lowest BCUT2D eigenvalue weighted by Gasteiger charge is -2.53. The molecule has 4 fully saturated rings. The van der Waals surface area contributed by atoms with Crippen LogP contribution in [0.1, 0.15) is 50.4 Å². The molecule has 3 aromatic rings. The number of nitrogens with one attached hydrogen (secondary N) is 1. The number of nitrogens with zero attached hydrogens (tertiary/aromatic N) is 5. The Morgan fingerprint density at radius 1 is 1.25 bits per heavy atom. The Hall–Kier alpha value is -3.84. The Morgan fingerprint density at radius 3 is 2.77 bits per heavy atom. The SMILES string of the molecule is C[C@@H]1N(c2cc(CCC3CC3)cnc2O[C@H]2C[C@@H](C(=O)O)N(c3cc(-c4ccc[nH]4)nc(C(F)F)n3)C2)CCOC12COC2. The zero-order chi connectivity index (χ0) is 30.4. The third-order valence-electron chi connectivity index (χ3n) is 9.30. The van der Waals surface area contributed by atoms with Crippen molar-refractivity contribution in [1.29, 1.82) is 0 Å². The number of alkyl halides is 2. The molecule has 1 spiro atoms. The predicted molar refractivity (Wildman–Crippen MR) is 156 cm³/mol. The van der Waals surface area contributed by atoms with Crippen LogP contribution in [-0.2, 0) is 20.7 Å². The lowest BCUT2D eigenvalue weighted by molar-refractivity contribution is -0.228. The normalized spacial score (nSPS) is 24.6. The van der Waals surface area contributed by atoms with Gasteiger partial charge in [-0.15, -0.1) is 0 Å². The number of morpholine rings is 1. The van der Waals surface area contributed by atoms with E-state index in [2.05, 4.69) is 32.8 Å². The number of aromatic nitrogens is 4. The van der Waals surface area contributed by atoms with Crippen molar-refractivity contribution in [2.24, 2.45) is 5.92 Å². The van der Waals surface area contributed by atoms with Crippen LogP contribution in [0.25, 0.3) is 11.4 Å². The van der Waals surface area contributed by atoms with E-state index in [1.807, 2.05) is 6.20 Å². The fourth-order valence-electron chi connectivity index (χ4n) is 6.45. The van der Waals surface area contributed by atoms with Crippen molar-refractivity contribution in [3.05, 3.63) is 48.0 Å². The third-order valence-corrected chi connectivity index (χ3v) is 9.30. The van der Waals surface area contributed by atoms with E-state index in [4.69, 9.17) is 19.2 Å². The van der Waals surface area contributed by atoms with Gasteiger partial charge in [0.2, 0.25) is 5.88 Å². The fraction of sp³-hybridized carbons (Fsp3) is 0.548. The fourth-order valence-corrected chi connectivity index (χ4v) is 6.45. The summed E-state index contributed by atoms with van der Waals surface area (Å²) in [5.41, 5.74) is 2.38. The highest BCUT2D eigenvalue weighted by atomic mass is 19.3. The van der Waals surface area contributed by atoms with Crippen LogP contribution in [0.4, 0.5) is 20.3 Å². The summed E-state index contributed by atoms with van der Waals surface area (Å²) >= 11 is 0. The first-order valence-electron chi connectivity index (χ1n) is 15.2. The van der Waals surface area contributed by atoms with Crippen molar-refractivity contribution in [2.75, 3.05) is 42.7 Å². The van der Waals surface area contributed by atoms with Gasteiger partial charge in [0.25, 0.3) is 6.43 Å². The molecule has 234 valence electrons. The van der Waals surface area contributed by atoms with Gasteiger partial charge in [-0.1, -0.05) is 12.8 Å². The summed E-state index contributed by atoms with van der Waals surface area (Å²) in [5, 5.41) is 10.1. The molecule has 1 aliphatic carbocycles. The minimum atomic E-state index is -2.92. The van der Waals surface area contributed by atoms with Crippen molar-refractivity contribution >= 4 is 17.5 Å². The number of hydrogen-bond acceptors (Lipinski definition) is 9. The topological polar surface area (TPSA) is 126 Å². The van der Waals surface area contributed by atoms with Crippen molar-refractivity contribution < 1.29 is 32.9 Å². The van der Waals surface area contributed by atoms with Crippen molar-refractivity contribution in [1.82, 2.24) is 19.9 Å². The number of H-pyrrole nitrogens is 1. The lowest BCUT2D eigenvalue weighted by atomic mass is 9.90. The molecule has 4 aliphatic rings. The second kappa shape index (κ2) is 11.6. The van der Waals surface area contributed by atoms with Crippen LogP contribution in [0.5, 0.6) is 5.88 Å². The van der Waals surface area contributed by atoms with E-state index >= 15 is 0 Å². The molecule has 3 saturated heterocycles. The zero-order valence-electron chi connectivity index (χ0n) is 24.5. The van der Waals surface area contributed by atoms with E-state index in [-0.39, 0.29) is 36.1 Å². The summed E-state index contributed by atoms with van der Waals surface area (Å²) in [6.45, 7) is 4.50. The van der Waals surface area contributed by atoms with E-state index in [1.165, 1.54) is 23.8 Å². The molecule has 0 amide bonds. The molecule has 3 atom stereocenters. The highest BCUT2D eigenvalue weighted by molar-refractivity contribution is 5.79. The van der Waals surface area contributed by atoms with Crippen LogP contribution < -0.4 is 14.5 Å². The Kier molecular flexibility index (Phi) is 7.61. The van der Waals surface area contributed by atoms with Crippen LogP contribution in [0.15, 0.2) is 36.7 Å². The van der Waals surface area contributed by atoms with Gasteiger partial charge in [-0.05, 0) is 49.4 Å². The highest BCUT2D eigenvalue weighted by Gasteiger charge is 2.50. The summed E-state index contributed by atoms with van der Waals surface area (Å²) in [4.78, 5) is 32.0. The van der Waals surface area contributed by atoms with E-state index in [0.717, 1.165) is 30.0 Å². The summed E-state index contributed by atoms with van der Waals surface area (Å²) in [5.74, 6) is -0.443. The number of halogens is 2. The van der Waals surface area contributed by atoms with Crippen LogP contribution >= 0.6 is 0 Å². The molecule has 0 bridgehead atoms. The van der Waals surface area contributed by atoms with Gasteiger partial charge in [-0.25, -0.2) is 28.5 Å². The average molecular weight is 611 g/mol. The van der Waals surface area contributed by atoms with Crippen molar-refractivity contribution in [2.45, 2.75) is 69.2 Å².